The lowest BCUT2D eigenvalue weighted by molar-refractivity contribution is -0.161. The number of aliphatic imine (C=N–C) groups is 1. The van der Waals surface area contributed by atoms with Crippen molar-refractivity contribution in [3.05, 3.63) is 66.2 Å². The molecule has 1 saturated heterocycles. The molecule has 0 spiro atoms. The Morgan fingerprint density at radius 3 is 2.39 bits per heavy atom. The zero-order valence-electron chi connectivity index (χ0n) is 21.8. The second-order valence-electron chi connectivity index (χ2n) is 10.3. The highest BCUT2D eigenvalue weighted by atomic mass is 32.2. The molecule has 8 heteroatoms. The molecule has 0 aliphatic carbocycles. The van der Waals surface area contributed by atoms with Gasteiger partial charge in [0, 0.05) is 13.0 Å². The highest BCUT2D eigenvalue weighted by Gasteiger charge is 2.51. The minimum absolute atomic E-state index is 0.00390. The van der Waals surface area contributed by atoms with Gasteiger partial charge in [0.1, 0.15) is 35.0 Å². The molecule has 0 saturated carbocycles. The van der Waals surface area contributed by atoms with Crippen molar-refractivity contribution < 1.29 is 23.7 Å². The number of rotatable bonds is 6. The number of nitrogens with zero attached hydrogens (tertiary/aromatic N) is 2. The molecule has 0 radical (unpaired) electrons. The lowest BCUT2D eigenvalue weighted by Crippen LogP contribution is -2.55. The largest absolute Gasteiger partial charge is 0.488 e. The Kier molecular flexibility index (Phi) is 8.27. The fourth-order valence-corrected chi connectivity index (χ4v) is 5.58. The SMILES string of the molecule is CC(Oc1ccccc1)[C@H]1O[C@@H]2SC(N(C)C(=O)OC(C)(C)C)=N[C@@H]2[C@@H](OCc2ccccc2)[C@@H]1C. The minimum Gasteiger partial charge on any atom is -0.488 e. The third kappa shape index (κ3) is 6.41. The lowest BCUT2D eigenvalue weighted by atomic mass is 9.87. The molecular formula is C28H36N2O5S. The van der Waals surface area contributed by atoms with Crippen LogP contribution in [0.2, 0.25) is 0 Å². The van der Waals surface area contributed by atoms with E-state index in [-0.39, 0.29) is 35.7 Å². The first kappa shape index (κ1) is 26.5. The molecule has 2 aliphatic heterocycles. The first-order valence-electron chi connectivity index (χ1n) is 12.4. The third-order valence-electron chi connectivity index (χ3n) is 6.19. The molecule has 0 aromatic heterocycles. The fourth-order valence-electron chi connectivity index (χ4n) is 4.42. The van der Waals surface area contributed by atoms with Gasteiger partial charge < -0.3 is 18.9 Å². The number of thioether (sulfide) groups is 1. The van der Waals surface area contributed by atoms with Crippen molar-refractivity contribution >= 4 is 23.0 Å². The zero-order valence-corrected chi connectivity index (χ0v) is 22.6. The van der Waals surface area contributed by atoms with Crippen LogP contribution < -0.4 is 4.74 Å². The maximum Gasteiger partial charge on any atom is 0.416 e. The molecule has 1 unspecified atom stereocenters. The summed E-state index contributed by atoms with van der Waals surface area (Å²) in [7, 11) is 1.68. The van der Waals surface area contributed by atoms with Crippen LogP contribution in [0.4, 0.5) is 4.79 Å². The van der Waals surface area contributed by atoms with Crippen molar-refractivity contribution in [3.8, 4) is 5.75 Å². The van der Waals surface area contributed by atoms with E-state index in [0.717, 1.165) is 11.3 Å². The van der Waals surface area contributed by atoms with Crippen molar-refractivity contribution in [2.45, 2.75) is 76.6 Å². The summed E-state index contributed by atoms with van der Waals surface area (Å²) in [6.45, 7) is 10.2. The van der Waals surface area contributed by atoms with E-state index in [9.17, 15) is 4.79 Å². The van der Waals surface area contributed by atoms with Gasteiger partial charge in [0.25, 0.3) is 0 Å². The number of para-hydroxylation sites is 1. The Morgan fingerprint density at radius 1 is 1.11 bits per heavy atom. The normalized spacial score (nSPS) is 26.5. The molecule has 4 rings (SSSR count). The van der Waals surface area contributed by atoms with Crippen molar-refractivity contribution in [1.82, 2.24) is 4.90 Å². The smallest absolute Gasteiger partial charge is 0.416 e. The topological polar surface area (TPSA) is 69.6 Å². The summed E-state index contributed by atoms with van der Waals surface area (Å²) in [5, 5.41) is 0.567. The van der Waals surface area contributed by atoms with Gasteiger partial charge in [-0.1, -0.05) is 67.2 Å². The predicted octanol–water partition coefficient (Wildman–Crippen LogP) is 5.74. The Hall–Kier alpha value is -2.55. The van der Waals surface area contributed by atoms with Gasteiger partial charge in [-0.2, -0.15) is 0 Å². The van der Waals surface area contributed by atoms with Crippen molar-refractivity contribution in [1.29, 1.82) is 0 Å². The highest BCUT2D eigenvalue weighted by Crippen LogP contribution is 2.42. The van der Waals surface area contributed by atoms with Gasteiger partial charge in [-0.15, -0.1) is 0 Å². The number of benzene rings is 2. The maximum atomic E-state index is 12.7. The van der Waals surface area contributed by atoms with E-state index in [4.69, 9.17) is 23.9 Å². The van der Waals surface area contributed by atoms with Gasteiger partial charge in [0.05, 0.1) is 12.7 Å². The zero-order chi connectivity index (χ0) is 25.9. The predicted molar refractivity (Wildman–Crippen MR) is 142 cm³/mol. The summed E-state index contributed by atoms with van der Waals surface area (Å²) in [5.74, 6) is 0.801. The van der Waals surface area contributed by atoms with Crippen LogP contribution in [0.15, 0.2) is 65.7 Å². The summed E-state index contributed by atoms with van der Waals surface area (Å²) in [6.07, 6.45) is -1.09. The number of carbonyl (C=O) groups excluding carboxylic acids is 1. The fraction of sp³-hybridized carbons (Fsp3) is 0.500. The molecule has 2 heterocycles. The summed E-state index contributed by atoms with van der Waals surface area (Å²) in [6, 6.07) is 19.6. The molecule has 6 atom stereocenters. The molecule has 2 aromatic rings. The first-order valence-corrected chi connectivity index (χ1v) is 13.2. The summed E-state index contributed by atoms with van der Waals surface area (Å²) >= 11 is 1.43. The molecule has 0 N–H and O–H groups in total. The summed E-state index contributed by atoms with van der Waals surface area (Å²) < 4.78 is 24.9. The number of ether oxygens (including phenoxy) is 4. The molecule has 0 bridgehead atoms. The van der Waals surface area contributed by atoms with Crippen LogP contribution in [0, 0.1) is 5.92 Å². The van der Waals surface area contributed by atoms with Crippen LogP contribution >= 0.6 is 11.8 Å². The molecule has 1 fully saturated rings. The van der Waals surface area contributed by atoms with Crippen molar-refractivity contribution in [2.24, 2.45) is 10.9 Å². The second-order valence-corrected chi connectivity index (χ2v) is 11.4. The molecule has 7 nitrogen and oxygen atoms in total. The van der Waals surface area contributed by atoms with Gasteiger partial charge in [-0.25, -0.2) is 4.79 Å². The van der Waals surface area contributed by atoms with E-state index in [1.807, 2.05) is 76.2 Å². The average Bonchev–Trinajstić information content (AvgIpc) is 3.26. The second kappa shape index (κ2) is 11.2. The minimum atomic E-state index is -0.594. The molecule has 194 valence electrons. The quantitative estimate of drug-likeness (QED) is 0.492. The molecule has 36 heavy (non-hydrogen) atoms. The average molecular weight is 513 g/mol. The molecular weight excluding hydrogens is 476 g/mol. The van der Waals surface area contributed by atoms with Gasteiger partial charge >= 0.3 is 6.09 Å². The number of carbonyl (C=O) groups is 1. The van der Waals surface area contributed by atoms with E-state index in [1.165, 1.54) is 16.7 Å². The van der Waals surface area contributed by atoms with Crippen LogP contribution in [0.25, 0.3) is 0 Å². The summed E-state index contributed by atoms with van der Waals surface area (Å²) in [5.41, 5.74) is 0.205. The highest BCUT2D eigenvalue weighted by molar-refractivity contribution is 8.14. The number of amidine groups is 1. The van der Waals surface area contributed by atoms with Crippen LogP contribution in [0.3, 0.4) is 0 Å². The Labute approximate surface area is 218 Å². The van der Waals surface area contributed by atoms with Crippen molar-refractivity contribution in [3.63, 3.8) is 0 Å². The van der Waals surface area contributed by atoms with Gasteiger partial charge in [0.15, 0.2) is 5.17 Å². The van der Waals surface area contributed by atoms with Crippen LogP contribution in [0.5, 0.6) is 5.75 Å². The van der Waals surface area contributed by atoms with Gasteiger partial charge in [0.2, 0.25) is 0 Å². The number of hydrogen-bond donors (Lipinski definition) is 0. The number of fused-ring (bicyclic) bond motifs is 1. The van der Waals surface area contributed by atoms with Crippen LogP contribution in [-0.2, 0) is 20.8 Å². The Morgan fingerprint density at radius 2 is 1.75 bits per heavy atom. The Balaban J connectivity index is 1.54. The number of hydrogen-bond acceptors (Lipinski definition) is 7. The molecule has 2 aromatic carbocycles. The van der Waals surface area contributed by atoms with E-state index in [1.54, 1.807) is 7.05 Å². The number of amides is 1. The molecule has 2 aliphatic rings. The third-order valence-corrected chi connectivity index (χ3v) is 7.40. The summed E-state index contributed by atoms with van der Waals surface area (Å²) in [4.78, 5) is 19.1. The van der Waals surface area contributed by atoms with Gasteiger partial charge in [-0.05, 0) is 45.4 Å². The lowest BCUT2D eigenvalue weighted by Gasteiger charge is -2.43. The van der Waals surface area contributed by atoms with E-state index >= 15 is 0 Å². The monoisotopic (exact) mass is 512 g/mol. The van der Waals surface area contributed by atoms with E-state index in [2.05, 4.69) is 19.1 Å². The van der Waals surface area contributed by atoms with Gasteiger partial charge in [-0.3, -0.25) is 9.89 Å². The first-order chi connectivity index (χ1) is 17.1. The van der Waals surface area contributed by atoms with Crippen LogP contribution in [-0.4, -0.2) is 58.6 Å². The standard InChI is InChI=1S/C28H36N2O5S/c1-18-23(19(2)33-21-15-11-8-12-16-21)34-25-22(24(18)32-17-20-13-9-7-10-14-20)29-26(36-25)30(6)27(31)35-28(3,4)5/h7-16,18-19,22-25H,17H2,1-6H3/t18-,19?,22-,23+,24+,25-/m1/s1. The Bertz CT molecular complexity index is 1040. The van der Waals surface area contributed by atoms with E-state index in [0.29, 0.717) is 11.8 Å². The maximum absolute atomic E-state index is 12.7. The van der Waals surface area contributed by atoms with E-state index < -0.39 is 11.7 Å². The molecule has 1 amide bonds. The van der Waals surface area contributed by atoms with Crippen LogP contribution in [0.1, 0.15) is 40.2 Å². The van der Waals surface area contributed by atoms with Crippen molar-refractivity contribution in [2.75, 3.05) is 7.05 Å².